The van der Waals surface area contributed by atoms with Crippen molar-refractivity contribution in [1.82, 2.24) is 4.90 Å². The molecule has 1 unspecified atom stereocenters. The Balaban J connectivity index is 1.75. The number of carbonyl (C=O) groups excluding carboxylic acids is 2. The minimum atomic E-state index is -0.786. The van der Waals surface area contributed by atoms with Gasteiger partial charge in [0.05, 0.1) is 18.6 Å². The van der Waals surface area contributed by atoms with Gasteiger partial charge in [-0.15, -0.1) is 0 Å². The Kier molecular flexibility index (Phi) is 8.17. The SMILES string of the molecule is CCOC(=O)C(C)N1C(=O)/C(=C/c2ccc(OCc3ccc(Cl)cc3)c(OC)c2)SC1=S. The van der Waals surface area contributed by atoms with Gasteiger partial charge < -0.3 is 14.2 Å². The molecule has 0 radical (unpaired) electrons. The highest BCUT2D eigenvalue weighted by Crippen LogP contribution is 2.36. The normalized spacial score (nSPS) is 15.8. The third-order valence-electron chi connectivity index (χ3n) is 4.63. The molecule has 2 aromatic carbocycles. The lowest BCUT2D eigenvalue weighted by molar-refractivity contribution is -0.149. The van der Waals surface area contributed by atoms with Crippen LogP contribution in [0.2, 0.25) is 5.02 Å². The first-order valence-corrected chi connectivity index (χ1v) is 11.4. The molecule has 1 amide bonds. The maximum absolute atomic E-state index is 12.9. The van der Waals surface area contributed by atoms with Crippen LogP contribution >= 0.6 is 35.6 Å². The molecule has 1 heterocycles. The van der Waals surface area contributed by atoms with E-state index in [-0.39, 0.29) is 12.5 Å². The Bertz CT molecular complexity index is 1050. The van der Waals surface area contributed by atoms with Crippen LogP contribution in [0.15, 0.2) is 47.4 Å². The average molecular weight is 492 g/mol. The van der Waals surface area contributed by atoms with Crippen LogP contribution in [0.1, 0.15) is 25.0 Å². The number of halogens is 1. The van der Waals surface area contributed by atoms with Gasteiger partial charge >= 0.3 is 5.97 Å². The Morgan fingerprint density at radius 3 is 2.59 bits per heavy atom. The number of nitrogens with zero attached hydrogens (tertiary/aromatic N) is 1. The second-order valence-corrected chi connectivity index (χ2v) is 8.92. The number of hydrogen-bond donors (Lipinski definition) is 0. The second-order valence-electron chi connectivity index (χ2n) is 6.81. The summed E-state index contributed by atoms with van der Waals surface area (Å²) in [6.07, 6.45) is 1.71. The van der Waals surface area contributed by atoms with Gasteiger partial charge in [-0.3, -0.25) is 9.69 Å². The lowest BCUT2D eigenvalue weighted by atomic mass is 10.1. The number of ether oxygens (including phenoxy) is 3. The second kappa shape index (κ2) is 10.8. The summed E-state index contributed by atoms with van der Waals surface area (Å²) < 4.78 is 16.7. The summed E-state index contributed by atoms with van der Waals surface area (Å²) in [6, 6.07) is 12.0. The van der Waals surface area contributed by atoms with Gasteiger partial charge in [0.1, 0.15) is 17.0 Å². The molecule has 2 aromatic rings. The smallest absolute Gasteiger partial charge is 0.329 e. The van der Waals surface area contributed by atoms with E-state index in [1.165, 1.54) is 4.90 Å². The molecule has 1 saturated heterocycles. The number of thioether (sulfide) groups is 1. The number of hydrogen-bond acceptors (Lipinski definition) is 7. The van der Waals surface area contributed by atoms with Crippen LogP contribution in [0.4, 0.5) is 0 Å². The lowest BCUT2D eigenvalue weighted by Crippen LogP contribution is -2.42. The summed E-state index contributed by atoms with van der Waals surface area (Å²) in [5.41, 5.74) is 1.71. The van der Waals surface area contributed by atoms with Crippen molar-refractivity contribution in [2.45, 2.75) is 26.5 Å². The molecule has 0 aromatic heterocycles. The van der Waals surface area contributed by atoms with Crippen LogP contribution in [0.3, 0.4) is 0 Å². The molecule has 0 aliphatic carbocycles. The molecule has 0 N–H and O–H groups in total. The zero-order valence-electron chi connectivity index (χ0n) is 17.8. The predicted octanol–water partition coefficient (Wildman–Crippen LogP) is 5.08. The fraction of sp³-hybridized carbons (Fsp3) is 0.261. The van der Waals surface area contributed by atoms with E-state index in [0.717, 1.165) is 22.9 Å². The summed E-state index contributed by atoms with van der Waals surface area (Å²) in [5, 5.41) is 0.665. The number of carbonyl (C=O) groups is 2. The molecular weight excluding hydrogens is 470 g/mol. The number of rotatable bonds is 8. The van der Waals surface area contributed by atoms with Gasteiger partial charge in [-0.05, 0) is 55.3 Å². The monoisotopic (exact) mass is 491 g/mol. The topological polar surface area (TPSA) is 65.1 Å². The molecule has 168 valence electrons. The third kappa shape index (κ3) is 5.62. The van der Waals surface area contributed by atoms with Gasteiger partial charge in [-0.2, -0.15) is 0 Å². The first kappa shape index (κ1) is 24.1. The predicted molar refractivity (Wildman–Crippen MR) is 130 cm³/mol. The van der Waals surface area contributed by atoms with E-state index in [9.17, 15) is 9.59 Å². The number of amides is 1. The molecule has 0 spiro atoms. The maximum atomic E-state index is 12.9. The van der Waals surface area contributed by atoms with Crippen molar-refractivity contribution >= 4 is 57.9 Å². The third-order valence-corrected chi connectivity index (χ3v) is 6.21. The molecule has 0 saturated carbocycles. The summed E-state index contributed by atoms with van der Waals surface area (Å²) in [6.45, 7) is 3.91. The first-order valence-electron chi connectivity index (χ1n) is 9.83. The van der Waals surface area contributed by atoms with Crippen LogP contribution in [-0.4, -0.2) is 40.9 Å². The number of esters is 1. The fourth-order valence-corrected chi connectivity index (χ4v) is 4.51. The molecule has 1 fully saturated rings. The maximum Gasteiger partial charge on any atom is 0.329 e. The molecule has 6 nitrogen and oxygen atoms in total. The van der Waals surface area contributed by atoms with E-state index >= 15 is 0 Å². The van der Waals surface area contributed by atoms with Crippen LogP contribution in [0.25, 0.3) is 6.08 Å². The van der Waals surface area contributed by atoms with Crippen molar-refractivity contribution in [3.05, 3.63) is 63.5 Å². The zero-order valence-corrected chi connectivity index (χ0v) is 20.2. The highest BCUT2D eigenvalue weighted by molar-refractivity contribution is 8.26. The Morgan fingerprint density at radius 1 is 1.22 bits per heavy atom. The van der Waals surface area contributed by atoms with E-state index in [1.807, 2.05) is 18.2 Å². The fourth-order valence-electron chi connectivity index (χ4n) is 2.97. The molecule has 9 heteroatoms. The first-order chi connectivity index (χ1) is 15.3. The molecule has 1 aliphatic heterocycles. The average Bonchev–Trinajstić information content (AvgIpc) is 3.06. The van der Waals surface area contributed by atoms with Gasteiger partial charge in [0.15, 0.2) is 11.5 Å². The summed E-state index contributed by atoms with van der Waals surface area (Å²) in [4.78, 5) is 26.6. The van der Waals surface area contributed by atoms with Gasteiger partial charge in [0.25, 0.3) is 5.91 Å². The van der Waals surface area contributed by atoms with Crippen LogP contribution in [0.5, 0.6) is 11.5 Å². The van der Waals surface area contributed by atoms with Crippen molar-refractivity contribution in [2.75, 3.05) is 13.7 Å². The zero-order chi connectivity index (χ0) is 23.3. The standard InChI is InChI=1S/C23H22ClNO5S2/c1-4-29-22(27)14(2)25-21(26)20(32-23(25)31)12-16-7-10-18(19(11-16)28-3)30-13-15-5-8-17(24)9-6-15/h5-12,14H,4,13H2,1-3H3/b20-12-. The molecule has 3 rings (SSSR count). The minimum Gasteiger partial charge on any atom is -0.493 e. The van der Waals surface area contributed by atoms with Gasteiger partial charge in [-0.1, -0.05) is 53.8 Å². The van der Waals surface area contributed by atoms with E-state index in [0.29, 0.717) is 32.4 Å². The van der Waals surface area contributed by atoms with Crippen molar-refractivity contribution in [3.63, 3.8) is 0 Å². The number of methoxy groups -OCH3 is 1. The Labute approximate surface area is 201 Å². The summed E-state index contributed by atoms with van der Waals surface area (Å²) >= 11 is 12.4. The van der Waals surface area contributed by atoms with Gasteiger partial charge in [0, 0.05) is 5.02 Å². The lowest BCUT2D eigenvalue weighted by Gasteiger charge is -2.21. The van der Waals surface area contributed by atoms with Crippen LogP contribution < -0.4 is 9.47 Å². The van der Waals surface area contributed by atoms with Crippen LogP contribution in [0, 0.1) is 0 Å². The van der Waals surface area contributed by atoms with Crippen molar-refractivity contribution in [1.29, 1.82) is 0 Å². The van der Waals surface area contributed by atoms with Crippen molar-refractivity contribution in [3.8, 4) is 11.5 Å². The van der Waals surface area contributed by atoms with Crippen molar-refractivity contribution in [2.24, 2.45) is 0 Å². The Morgan fingerprint density at radius 2 is 1.94 bits per heavy atom. The summed E-state index contributed by atoms with van der Waals surface area (Å²) in [7, 11) is 1.55. The largest absolute Gasteiger partial charge is 0.493 e. The molecule has 32 heavy (non-hydrogen) atoms. The van der Waals surface area contributed by atoms with Gasteiger partial charge in [0.2, 0.25) is 0 Å². The Hall–Kier alpha value is -2.55. The number of thiocarbonyl (C=S) groups is 1. The minimum absolute atomic E-state index is 0.236. The highest BCUT2D eigenvalue weighted by atomic mass is 35.5. The van der Waals surface area contributed by atoms with E-state index < -0.39 is 12.0 Å². The highest BCUT2D eigenvalue weighted by Gasteiger charge is 2.38. The quantitative estimate of drug-likeness (QED) is 0.290. The van der Waals surface area contributed by atoms with Gasteiger partial charge in [-0.25, -0.2) is 4.79 Å². The van der Waals surface area contributed by atoms with E-state index in [2.05, 4.69) is 0 Å². The molecular formula is C23H22ClNO5S2. The molecule has 1 atom stereocenters. The van der Waals surface area contributed by atoms with Crippen LogP contribution in [-0.2, 0) is 20.9 Å². The molecule has 0 bridgehead atoms. The molecule has 1 aliphatic rings. The van der Waals surface area contributed by atoms with E-state index in [1.54, 1.807) is 51.3 Å². The van der Waals surface area contributed by atoms with Crippen molar-refractivity contribution < 1.29 is 23.8 Å². The van der Waals surface area contributed by atoms with E-state index in [4.69, 9.17) is 38.0 Å². The number of benzene rings is 2. The summed E-state index contributed by atoms with van der Waals surface area (Å²) in [5.74, 6) is 0.280.